The van der Waals surface area contributed by atoms with Crippen LogP contribution in [0.5, 0.6) is 0 Å². The Morgan fingerprint density at radius 1 is 1.00 bits per heavy atom. The molecule has 1 aromatic heterocycles. The molecule has 1 heterocycles. The van der Waals surface area contributed by atoms with Crippen LogP contribution in [0.4, 0.5) is 23.2 Å². The number of rotatable bonds is 4. The van der Waals surface area contributed by atoms with E-state index in [-0.39, 0.29) is 20.6 Å². The smallest absolute Gasteiger partial charge is 0.286 e. The summed E-state index contributed by atoms with van der Waals surface area (Å²) >= 11 is 6.87. The molecule has 0 aliphatic rings. The zero-order valence-electron chi connectivity index (χ0n) is 13.1. The molecule has 0 aliphatic heterocycles. The van der Waals surface area contributed by atoms with Gasteiger partial charge in [-0.2, -0.15) is 0 Å². The Bertz CT molecular complexity index is 1010. The average molecular weight is 414 g/mol. The number of carbonyl (C=O) groups is 1. The van der Waals surface area contributed by atoms with Crippen molar-refractivity contribution in [3.8, 4) is 0 Å². The van der Waals surface area contributed by atoms with Gasteiger partial charge < -0.3 is 5.32 Å². The monoisotopic (exact) mass is 413 g/mol. The normalized spacial score (nSPS) is 11.5. The topological polar surface area (TPSA) is 54.9 Å². The van der Waals surface area contributed by atoms with Crippen molar-refractivity contribution in [1.29, 1.82) is 0 Å². The summed E-state index contributed by atoms with van der Waals surface area (Å²) in [6.45, 7) is 0. The van der Waals surface area contributed by atoms with Crippen LogP contribution >= 0.6 is 22.9 Å². The first kappa shape index (κ1) is 19.0. The molecule has 10 heteroatoms. The van der Waals surface area contributed by atoms with E-state index in [1.807, 2.05) is 0 Å². The summed E-state index contributed by atoms with van der Waals surface area (Å²) in [6, 6.07) is 6.65. The maximum absolute atomic E-state index is 13.2. The number of nitrogens with zero attached hydrogens (tertiary/aromatic N) is 2. The van der Waals surface area contributed by atoms with E-state index in [1.54, 1.807) is 0 Å². The predicted molar refractivity (Wildman–Crippen MR) is 94.3 cm³/mol. The van der Waals surface area contributed by atoms with E-state index in [0.29, 0.717) is 5.69 Å². The number of anilines is 1. The maximum atomic E-state index is 13.2. The van der Waals surface area contributed by atoms with Crippen LogP contribution in [0.2, 0.25) is 0 Å². The molecule has 4 nitrogen and oxygen atoms in total. The van der Waals surface area contributed by atoms with Crippen LogP contribution < -0.4 is 5.32 Å². The highest BCUT2D eigenvalue weighted by Gasteiger charge is 2.16. The minimum Gasteiger partial charge on any atom is -0.320 e. The second-order valence-corrected chi connectivity index (χ2v) is 6.55. The fourth-order valence-corrected chi connectivity index (χ4v) is 2.92. The molecule has 1 N–H and O–H groups in total. The van der Waals surface area contributed by atoms with Crippen molar-refractivity contribution in [1.82, 2.24) is 10.2 Å². The van der Waals surface area contributed by atoms with Crippen LogP contribution in [0.25, 0.3) is 11.1 Å². The Balaban J connectivity index is 1.78. The molecule has 0 atom stereocenters. The minimum atomic E-state index is -1.58. The molecule has 138 valence electrons. The lowest BCUT2D eigenvalue weighted by Crippen LogP contribution is -2.11. The number of nitrogens with one attached hydrogen (secondary N) is 1. The third-order valence-electron chi connectivity index (χ3n) is 3.23. The molecular formula is C17H8ClF4N3OS. The Morgan fingerprint density at radius 3 is 2.22 bits per heavy atom. The van der Waals surface area contributed by atoms with E-state index < -0.39 is 29.2 Å². The molecule has 0 bridgehead atoms. The second-order valence-electron chi connectivity index (χ2n) is 5.16. The molecule has 0 radical (unpaired) electrons. The maximum Gasteiger partial charge on any atom is 0.286 e. The van der Waals surface area contributed by atoms with Crippen LogP contribution in [-0.2, 0) is 0 Å². The highest BCUT2D eigenvalue weighted by atomic mass is 35.5. The molecule has 1 amide bonds. The fourth-order valence-electron chi connectivity index (χ4n) is 2.00. The number of benzene rings is 2. The summed E-state index contributed by atoms with van der Waals surface area (Å²) < 4.78 is 52.3. The van der Waals surface area contributed by atoms with Gasteiger partial charge in [0, 0.05) is 5.69 Å². The van der Waals surface area contributed by atoms with E-state index in [4.69, 9.17) is 11.6 Å². The highest BCUT2D eigenvalue weighted by Crippen LogP contribution is 2.26. The van der Waals surface area contributed by atoms with E-state index in [9.17, 15) is 22.4 Å². The molecule has 0 saturated heterocycles. The summed E-state index contributed by atoms with van der Waals surface area (Å²) in [4.78, 5) is 12.1. The van der Waals surface area contributed by atoms with Gasteiger partial charge in [0.25, 0.3) is 5.91 Å². The first-order valence-corrected chi connectivity index (χ1v) is 8.45. The standard InChI is InChI=1S/C17H8ClF4N3OS/c18-11(5-8-6-12(20)14(22)13(21)7-8)16-24-25-17(27-16)15(26)23-10-3-1-9(19)2-4-10/h1-7H,(H,23,26)/b11-5-. The molecule has 0 fully saturated rings. The van der Waals surface area contributed by atoms with Crippen molar-refractivity contribution in [2.75, 3.05) is 5.32 Å². The highest BCUT2D eigenvalue weighted by molar-refractivity contribution is 7.15. The SMILES string of the molecule is O=C(Nc1ccc(F)cc1)c1nnc(/C(Cl)=C/c2cc(F)c(F)c(F)c2)s1. The Kier molecular flexibility index (Phi) is 5.52. The molecule has 0 aliphatic carbocycles. The van der Waals surface area contributed by atoms with Crippen molar-refractivity contribution in [3.63, 3.8) is 0 Å². The average Bonchev–Trinajstić information content (AvgIpc) is 3.12. The van der Waals surface area contributed by atoms with Gasteiger partial charge in [-0.15, -0.1) is 10.2 Å². The Morgan fingerprint density at radius 2 is 1.59 bits per heavy atom. The fraction of sp³-hybridized carbons (Fsp3) is 0. The van der Waals surface area contributed by atoms with Gasteiger partial charge >= 0.3 is 0 Å². The van der Waals surface area contributed by atoms with Gasteiger partial charge in [0.1, 0.15) is 5.82 Å². The summed E-state index contributed by atoms with van der Waals surface area (Å²) in [5.41, 5.74) is 0.334. The largest absolute Gasteiger partial charge is 0.320 e. The third kappa shape index (κ3) is 4.50. The summed E-state index contributed by atoms with van der Waals surface area (Å²) in [5, 5.41) is 9.98. The number of aromatic nitrogens is 2. The van der Waals surface area contributed by atoms with Gasteiger partial charge in [0.2, 0.25) is 5.01 Å². The molecule has 27 heavy (non-hydrogen) atoms. The van der Waals surface area contributed by atoms with Crippen LogP contribution in [0.3, 0.4) is 0 Å². The lowest BCUT2D eigenvalue weighted by atomic mass is 10.2. The number of amides is 1. The molecule has 0 unspecified atom stereocenters. The summed E-state index contributed by atoms with van der Waals surface area (Å²) in [6.07, 6.45) is 1.16. The lowest BCUT2D eigenvalue weighted by Gasteiger charge is -2.01. The first-order valence-electron chi connectivity index (χ1n) is 7.26. The van der Waals surface area contributed by atoms with Crippen molar-refractivity contribution < 1.29 is 22.4 Å². The molecule has 3 aromatic rings. The number of halogens is 5. The van der Waals surface area contributed by atoms with Crippen LogP contribution in [-0.4, -0.2) is 16.1 Å². The zero-order valence-corrected chi connectivity index (χ0v) is 14.7. The van der Waals surface area contributed by atoms with Crippen molar-refractivity contribution in [2.45, 2.75) is 0 Å². The Labute approximate surface area is 159 Å². The molecular weight excluding hydrogens is 406 g/mol. The van der Waals surface area contributed by atoms with Crippen LogP contribution in [0, 0.1) is 23.3 Å². The van der Waals surface area contributed by atoms with Gasteiger partial charge in [-0.1, -0.05) is 22.9 Å². The predicted octanol–water partition coefficient (Wildman–Crippen LogP) is 5.08. The van der Waals surface area contributed by atoms with Crippen LogP contribution in [0.15, 0.2) is 36.4 Å². The van der Waals surface area contributed by atoms with E-state index in [0.717, 1.165) is 29.5 Å². The molecule has 0 saturated carbocycles. The Hall–Kier alpha value is -2.78. The van der Waals surface area contributed by atoms with Gasteiger partial charge in [-0.25, -0.2) is 17.6 Å². The molecule has 3 rings (SSSR count). The number of carbonyl (C=O) groups excluding carboxylic acids is 1. The van der Waals surface area contributed by atoms with Crippen molar-refractivity contribution in [3.05, 3.63) is 75.2 Å². The van der Waals surface area contributed by atoms with Gasteiger partial charge in [-0.05, 0) is 48.0 Å². The summed E-state index contributed by atoms with van der Waals surface area (Å²) in [7, 11) is 0. The minimum absolute atomic E-state index is 0.0242. The second kappa shape index (κ2) is 7.85. The van der Waals surface area contributed by atoms with Crippen molar-refractivity contribution >= 4 is 45.6 Å². The van der Waals surface area contributed by atoms with Crippen LogP contribution in [0.1, 0.15) is 20.4 Å². The van der Waals surface area contributed by atoms with Crippen molar-refractivity contribution in [2.24, 2.45) is 0 Å². The van der Waals surface area contributed by atoms with Gasteiger partial charge in [0.05, 0.1) is 5.03 Å². The molecule has 0 spiro atoms. The van der Waals surface area contributed by atoms with E-state index in [1.165, 1.54) is 24.3 Å². The molecule has 2 aromatic carbocycles. The van der Waals surface area contributed by atoms with Gasteiger partial charge in [0.15, 0.2) is 22.5 Å². The van der Waals surface area contributed by atoms with E-state index in [2.05, 4.69) is 15.5 Å². The third-order valence-corrected chi connectivity index (χ3v) is 4.58. The zero-order chi connectivity index (χ0) is 19.6. The number of hydrogen-bond acceptors (Lipinski definition) is 4. The number of hydrogen-bond donors (Lipinski definition) is 1. The quantitative estimate of drug-likeness (QED) is 0.479. The lowest BCUT2D eigenvalue weighted by molar-refractivity contribution is 0.102. The first-order chi connectivity index (χ1) is 12.8. The summed E-state index contributed by atoms with van der Waals surface area (Å²) in [5.74, 6) is -5.34. The van der Waals surface area contributed by atoms with E-state index >= 15 is 0 Å². The van der Waals surface area contributed by atoms with Gasteiger partial charge in [-0.3, -0.25) is 4.79 Å².